The molecule has 0 atom stereocenters. The highest BCUT2D eigenvalue weighted by molar-refractivity contribution is 8.00. The first-order valence-corrected chi connectivity index (χ1v) is 15.8. The summed E-state index contributed by atoms with van der Waals surface area (Å²) in [7, 11) is 2.20. The number of benzene rings is 4. The van der Waals surface area contributed by atoms with Gasteiger partial charge in [0.15, 0.2) is 6.20 Å². The summed E-state index contributed by atoms with van der Waals surface area (Å²) in [5.74, 6) is 1.20. The summed E-state index contributed by atoms with van der Waals surface area (Å²) in [6.45, 7) is 15.7. The van der Waals surface area contributed by atoms with E-state index in [0.717, 1.165) is 19.3 Å². The summed E-state index contributed by atoms with van der Waals surface area (Å²) in [5, 5.41) is 17.7. The van der Waals surface area contributed by atoms with Crippen molar-refractivity contribution in [2.75, 3.05) is 0 Å². The van der Waals surface area contributed by atoms with Gasteiger partial charge in [-0.25, -0.2) is 4.57 Å². The number of fused-ring (bicyclic) bond motifs is 5. The van der Waals surface area contributed by atoms with Crippen molar-refractivity contribution in [1.29, 1.82) is 5.26 Å². The molecule has 0 saturated heterocycles. The van der Waals surface area contributed by atoms with Gasteiger partial charge in [-0.05, 0) is 102 Å². The van der Waals surface area contributed by atoms with E-state index in [1.807, 2.05) is 25.6 Å². The average molecular weight is 558 g/mol. The van der Waals surface area contributed by atoms with Crippen molar-refractivity contribution >= 4 is 44.1 Å². The topological polar surface area (TPSA) is 27.7 Å². The van der Waals surface area contributed by atoms with Crippen LogP contribution in [-0.2, 0) is 26.3 Å². The molecule has 1 aliphatic heterocycles. The molecule has 2 heterocycles. The molecule has 2 nitrogen and oxygen atoms in total. The fourth-order valence-corrected chi connectivity index (χ4v) is 8.18. The molecule has 208 valence electrons. The van der Waals surface area contributed by atoms with Gasteiger partial charge in [-0.2, -0.15) is 5.26 Å². The molecule has 3 heteroatoms. The molecule has 41 heavy (non-hydrogen) atoms. The van der Waals surface area contributed by atoms with Gasteiger partial charge in [-0.1, -0.05) is 75.9 Å². The zero-order valence-corrected chi connectivity index (χ0v) is 26.6. The molecular formula is C38H41N2S+. The molecule has 0 aliphatic carbocycles. The minimum absolute atomic E-state index is 0.388. The molecule has 0 saturated carbocycles. The summed E-state index contributed by atoms with van der Waals surface area (Å²) in [6, 6.07) is 21.2. The van der Waals surface area contributed by atoms with E-state index in [0.29, 0.717) is 11.8 Å². The highest BCUT2D eigenvalue weighted by atomic mass is 32.2. The van der Waals surface area contributed by atoms with Crippen molar-refractivity contribution in [2.45, 2.75) is 77.5 Å². The minimum atomic E-state index is -0.388. The van der Waals surface area contributed by atoms with Crippen LogP contribution in [0.15, 0.2) is 64.5 Å². The van der Waals surface area contributed by atoms with Crippen molar-refractivity contribution in [3.63, 3.8) is 0 Å². The maximum atomic E-state index is 9.66. The second-order valence-corrected chi connectivity index (χ2v) is 14.7. The third-order valence-corrected chi connectivity index (χ3v) is 9.80. The van der Waals surface area contributed by atoms with Gasteiger partial charge >= 0.3 is 0 Å². The van der Waals surface area contributed by atoms with E-state index in [1.165, 1.54) is 75.6 Å². The third kappa shape index (κ3) is 4.81. The minimum Gasteiger partial charge on any atom is -0.200 e. The number of aryl methyl sites for hydroxylation is 2. The lowest BCUT2D eigenvalue weighted by molar-refractivity contribution is -0.659. The summed E-state index contributed by atoms with van der Waals surface area (Å²) in [6.07, 6.45) is 5.16. The predicted octanol–water partition coefficient (Wildman–Crippen LogP) is 9.90. The van der Waals surface area contributed by atoms with Gasteiger partial charge in [0.1, 0.15) is 7.05 Å². The van der Waals surface area contributed by atoms with E-state index in [2.05, 4.69) is 107 Å². The Morgan fingerprint density at radius 3 is 2.27 bits per heavy atom. The summed E-state index contributed by atoms with van der Waals surface area (Å²) < 4.78 is 2.34. The average Bonchev–Trinajstić information content (AvgIpc) is 2.91. The van der Waals surface area contributed by atoms with E-state index in [-0.39, 0.29) is 5.41 Å². The zero-order valence-electron chi connectivity index (χ0n) is 25.8. The molecule has 0 unspecified atom stereocenters. The highest BCUT2D eigenvalue weighted by Crippen LogP contribution is 2.53. The van der Waals surface area contributed by atoms with Gasteiger partial charge in [-0.3, -0.25) is 0 Å². The van der Waals surface area contributed by atoms with Gasteiger partial charge in [0.25, 0.3) is 0 Å². The summed E-state index contributed by atoms with van der Waals surface area (Å²) in [4.78, 5) is 2.78. The van der Waals surface area contributed by atoms with Crippen LogP contribution in [0.5, 0.6) is 0 Å². The van der Waals surface area contributed by atoms with Crippen LogP contribution in [0.1, 0.15) is 63.8 Å². The highest BCUT2D eigenvalue weighted by Gasteiger charge is 2.32. The molecule has 0 amide bonds. The Morgan fingerprint density at radius 2 is 1.56 bits per heavy atom. The van der Waals surface area contributed by atoms with Gasteiger partial charge < -0.3 is 0 Å². The number of hydrogen-bond donors (Lipinski definition) is 0. The second kappa shape index (κ2) is 10.2. The first-order valence-electron chi connectivity index (χ1n) is 15.0. The second-order valence-electron chi connectivity index (χ2n) is 13.7. The van der Waals surface area contributed by atoms with E-state index in [4.69, 9.17) is 0 Å². The van der Waals surface area contributed by atoms with Crippen molar-refractivity contribution in [3.05, 3.63) is 77.0 Å². The van der Waals surface area contributed by atoms with Gasteiger partial charge in [0.2, 0.25) is 5.69 Å². The number of nitrogens with zero attached hydrogens (tertiary/aromatic N) is 2. The Morgan fingerprint density at radius 1 is 0.854 bits per heavy atom. The van der Waals surface area contributed by atoms with Gasteiger partial charge in [0.05, 0.1) is 22.4 Å². The molecule has 0 bridgehead atoms. The van der Waals surface area contributed by atoms with Crippen LogP contribution in [0.3, 0.4) is 0 Å². The van der Waals surface area contributed by atoms with Gasteiger partial charge in [0, 0.05) is 21.2 Å². The molecule has 0 fully saturated rings. The first-order chi connectivity index (χ1) is 19.5. The normalized spacial score (nSPS) is 13.0. The first kappa shape index (κ1) is 27.8. The molecule has 0 spiro atoms. The Hall–Kier alpha value is -3.35. The fraction of sp³-hybridized carbons (Fsp3) is 0.368. The summed E-state index contributed by atoms with van der Waals surface area (Å²) >= 11 is 1.97. The molecule has 1 aliphatic rings. The van der Waals surface area contributed by atoms with Gasteiger partial charge in [-0.15, -0.1) is 0 Å². The smallest absolute Gasteiger partial charge is 0.200 e. The lowest BCUT2D eigenvalue weighted by atomic mass is 9.85. The number of nitriles is 1. The monoisotopic (exact) mass is 557 g/mol. The zero-order chi connectivity index (χ0) is 29.2. The fourth-order valence-electron chi connectivity index (χ4n) is 6.80. The van der Waals surface area contributed by atoms with Crippen LogP contribution in [0.4, 0.5) is 0 Å². The van der Waals surface area contributed by atoms with Crippen molar-refractivity contribution in [3.8, 4) is 17.3 Å². The van der Waals surface area contributed by atoms with E-state index in [9.17, 15) is 5.26 Å². The van der Waals surface area contributed by atoms with Crippen LogP contribution >= 0.6 is 11.8 Å². The molecule has 0 N–H and O–H groups in total. The van der Waals surface area contributed by atoms with Crippen molar-refractivity contribution < 1.29 is 4.57 Å². The van der Waals surface area contributed by atoms with E-state index in [1.54, 1.807) is 0 Å². The number of rotatable bonds is 6. The van der Waals surface area contributed by atoms with Crippen LogP contribution in [0.2, 0.25) is 0 Å². The quantitative estimate of drug-likeness (QED) is 0.151. The molecule has 1 aromatic heterocycles. The largest absolute Gasteiger partial charge is 0.222 e. The van der Waals surface area contributed by atoms with Crippen molar-refractivity contribution in [2.24, 2.45) is 24.3 Å². The summed E-state index contributed by atoms with van der Waals surface area (Å²) in [5.41, 5.74) is 7.87. The maximum absolute atomic E-state index is 9.66. The number of pyridine rings is 1. The predicted molar refractivity (Wildman–Crippen MR) is 175 cm³/mol. The SMILES string of the molecule is Cc1c2c(c(CC(C)C)c3ccc(CC(C)C)cc13)Sc1cc3ccc(CC(C)(C)C#N)cc3c3cc[n+](C)c-2c13. The van der Waals surface area contributed by atoms with Crippen LogP contribution in [0, 0.1) is 35.5 Å². The Labute approximate surface area is 249 Å². The molecule has 0 radical (unpaired) electrons. The lowest BCUT2D eigenvalue weighted by Gasteiger charge is -2.26. The standard InChI is InChI=1S/C38H41N2S/c1-22(2)15-25-10-12-28-30(17-25)24(5)34-36-35-29(13-14-40(36)8)31-18-26(20-38(6,7)21-39)9-11-27(31)19-33(35)41-37(34)32(28)16-23(3)4/h9-14,17-19,22-23H,15-16,20H2,1-8H3/q+1. The van der Waals surface area contributed by atoms with Crippen LogP contribution < -0.4 is 4.57 Å². The molecule has 5 aromatic rings. The molecule has 6 rings (SSSR count). The van der Waals surface area contributed by atoms with Crippen LogP contribution in [0.25, 0.3) is 43.6 Å². The van der Waals surface area contributed by atoms with Crippen LogP contribution in [-0.4, -0.2) is 0 Å². The lowest BCUT2D eigenvalue weighted by Crippen LogP contribution is -2.32. The number of aromatic nitrogens is 1. The van der Waals surface area contributed by atoms with E-state index >= 15 is 0 Å². The Balaban J connectivity index is 1.68. The third-order valence-electron chi connectivity index (χ3n) is 8.61. The molecular weight excluding hydrogens is 516 g/mol. The number of hydrogen-bond acceptors (Lipinski definition) is 2. The Kier molecular flexibility index (Phi) is 6.90. The van der Waals surface area contributed by atoms with Crippen molar-refractivity contribution in [1.82, 2.24) is 0 Å². The molecule has 4 aromatic carbocycles. The maximum Gasteiger partial charge on any atom is 0.222 e. The van der Waals surface area contributed by atoms with E-state index < -0.39 is 0 Å². The Bertz CT molecular complexity index is 1900.